The molecule has 0 fully saturated rings. The average Bonchev–Trinajstić information content (AvgIpc) is 2.39. The van der Waals surface area contributed by atoms with Gasteiger partial charge in [0, 0.05) is 11.9 Å². The Morgan fingerprint density at radius 2 is 2.06 bits per heavy atom. The van der Waals surface area contributed by atoms with Gasteiger partial charge in [-0.15, -0.1) is 0 Å². The molecule has 0 saturated heterocycles. The first-order chi connectivity index (χ1) is 8.74. The molecule has 0 spiro atoms. The van der Waals surface area contributed by atoms with Gasteiger partial charge < -0.3 is 10.4 Å². The van der Waals surface area contributed by atoms with Crippen molar-refractivity contribution in [2.24, 2.45) is 0 Å². The summed E-state index contributed by atoms with van der Waals surface area (Å²) in [5.41, 5.74) is 0.228. The van der Waals surface area contributed by atoms with Crippen molar-refractivity contribution in [1.82, 2.24) is 5.32 Å². The summed E-state index contributed by atoms with van der Waals surface area (Å²) in [6, 6.07) is 12.6. The smallest absolute Gasteiger partial charge is 0.255 e. The van der Waals surface area contributed by atoms with Crippen LogP contribution in [-0.2, 0) is 0 Å². The molecule has 4 heteroatoms. The third kappa shape index (κ3) is 2.25. The number of hydrogen-bond donors (Lipinski definition) is 2. The van der Waals surface area contributed by atoms with Gasteiger partial charge in [-0.1, -0.05) is 30.3 Å². The fourth-order valence-electron chi connectivity index (χ4n) is 1.77. The molecule has 0 atom stereocenters. The van der Waals surface area contributed by atoms with Crippen molar-refractivity contribution in [2.45, 2.75) is 6.42 Å². The van der Waals surface area contributed by atoms with Crippen LogP contribution in [0.4, 0.5) is 0 Å². The van der Waals surface area contributed by atoms with Crippen LogP contribution >= 0.6 is 0 Å². The predicted molar refractivity (Wildman–Crippen MR) is 68.2 cm³/mol. The lowest BCUT2D eigenvalue weighted by atomic mass is 10.0. The first-order valence-electron chi connectivity index (χ1n) is 5.60. The number of carbonyl (C=O) groups is 1. The van der Waals surface area contributed by atoms with E-state index in [-0.39, 0.29) is 30.2 Å². The number of rotatable bonds is 3. The molecule has 0 aromatic heterocycles. The molecule has 0 unspecified atom stereocenters. The van der Waals surface area contributed by atoms with Gasteiger partial charge in [-0.2, -0.15) is 5.26 Å². The highest BCUT2D eigenvalue weighted by atomic mass is 16.3. The summed E-state index contributed by atoms with van der Waals surface area (Å²) in [6.45, 7) is 0.279. The summed E-state index contributed by atoms with van der Waals surface area (Å²) < 4.78 is 0. The molecule has 2 aromatic carbocycles. The van der Waals surface area contributed by atoms with Crippen molar-refractivity contribution in [3.8, 4) is 11.8 Å². The van der Waals surface area contributed by atoms with Crippen LogP contribution in [0.25, 0.3) is 10.8 Å². The summed E-state index contributed by atoms with van der Waals surface area (Å²) in [4.78, 5) is 11.8. The number of fused-ring (bicyclic) bond motifs is 1. The number of amides is 1. The van der Waals surface area contributed by atoms with Crippen LogP contribution in [0, 0.1) is 11.3 Å². The summed E-state index contributed by atoms with van der Waals surface area (Å²) >= 11 is 0. The van der Waals surface area contributed by atoms with E-state index in [9.17, 15) is 9.90 Å². The lowest BCUT2D eigenvalue weighted by Gasteiger charge is -2.07. The molecule has 2 N–H and O–H groups in total. The van der Waals surface area contributed by atoms with Crippen molar-refractivity contribution in [3.05, 3.63) is 42.0 Å². The fraction of sp³-hybridized carbons (Fsp3) is 0.143. The van der Waals surface area contributed by atoms with Crippen LogP contribution in [0.15, 0.2) is 36.4 Å². The predicted octanol–water partition coefficient (Wildman–Crippen LogP) is 2.19. The normalized spacial score (nSPS) is 9.94. The highest BCUT2D eigenvalue weighted by molar-refractivity contribution is 6.03. The van der Waals surface area contributed by atoms with Crippen molar-refractivity contribution in [2.75, 3.05) is 6.54 Å². The fourth-order valence-corrected chi connectivity index (χ4v) is 1.77. The Labute approximate surface area is 104 Å². The minimum Gasteiger partial charge on any atom is -0.506 e. The van der Waals surface area contributed by atoms with Crippen LogP contribution in [0.1, 0.15) is 16.8 Å². The summed E-state index contributed by atoms with van der Waals surface area (Å²) in [5.74, 6) is -0.393. The van der Waals surface area contributed by atoms with E-state index < -0.39 is 0 Å². The lowest BCUT2D eigenvalue weighted by Crippen LogP contribution is -2.24. The van der Waals surface area contributed by atoms with Gasteiger partial charge in [0.1, 0.15) is 5.75 Å². The maximum Gasteiger partial charge on any atom is 0.255 e. The Morgan fingerprint density at radius 1 is 1.28 bits per heavy atom. The Morgan fingerprint density at radius 3 is 2.83 bits per heavy atom. The monoisotopic (exact) mass is 240 g/mol. The minimum absolute atomic E-state index is 0.0254. The minimum atomic E-state index is -0.367. The number of aromatic hydroxyl groups is 1. The molecule has 1 amide bonds. The molecule has 0 radical (unpaired) electrons. The van der Waals surface area contributed by atoms with Crippen molar-refractivity contribution >= 4 is 16.7 Å². The van der Waals surface area contributed by atoms with Gasteiger partial charge in [0.15, 0.2) is 0 Å². The molecule has 90 valence electrons. The molecular formula is C14H12N2O2. The summed E-state index contributed by atoms with van der Waals surface area (Å²) in [5, 5.41) is 22.6. The van der Waals surface area contributed by atoms with Crippen LogP contribution in [0.3, 0.4) is 0 Å². The van der Waals surface area contributed by atoms with Crippen molar-refractivity contribution in [1.29, 1.82) is 5.26 Å². The zero-order valence-corrected chi connectivity index (χ0v) is 9.68. The summed E-state index contributed by atoms with van der Waals surface area (Å²) in [6.07, 6.45) is 0.250. The van der Waals surface area contributed by atoms with Crippen LogP contribution < -0.4 is 5.32 Å². The van der Waals surface area contributed by atoms with Gasteiger partial charge in [-0.25, -0.2) is 0 Å². The van der Waals surface area contributed by atoms with Gasteiger partial charge in [-0.05, 0) is 11.5 Å². The Balaban J connectivity index is 2.32. The first-order valence-corrected chi connectivity index (χ1v) is 5.60. The first kappa shape index (κ1) is 11.9. The molecule has 0 aliphatic carbocycles. The molecular weight excluding hydrogens is 228 g/mol. The number of benzene rings is 2. The van der Waals surface area contributed by atoms with Crippen molar-refractivity contribution in [3.63, 3.8) is 0 Å². The zero-order chi connectivity index (χ0) is 13.0. The Bertz CT molecular complexity index is 629. The van der Waals surface area contributed by atoms with E-state index in [0.29, 0.717) is 5.39 Å². The van der Waals surface area contributed by atoms with Crippen LogP contribution in [0.2, 0.25) is 0 Å². The molecule has 0 bridgehead atoms. The van der Waals surface area contributed by atoms with Crippen molar-refractivity contribution < 1.29 is 9.90 Å². The maximum absolute atomic E-state index is 11.8. The number of nitriles is 1. The van der Waals surface area contributed by atoms with Gasteiger partial charge in [0.25, 0.3) is 5.91 Å². The highest BCUT2D eigenvalue weighted by Crippen LogP contribution is 2.28. The van der Waals surface area contributed by atoms with Gasteiger partial charge in [0.05, 0.1) is 18.1 Å². The SMILES string of the molecule is N#CCCNC(=O)c1ccc2ccccc2c1O. The van der Waals surface area contributed by atoms with E-state index >= 15 is 0 Å². The number of hydrogen-bond acceptors (Lipinski definition) is 3. The summed E-state index contributed by atoms with van der Waals surface area (Å²) in [7, 11) is 0. The van der Waals surface area contributed by atoms with E-state index in [0.717, 1.165) is 5.39 Å². The van der Waals surface area contributed by atoms with E-state index in [1.165, 1.54) is 0 Å². The van der Waals surface area contributed by atoms with Gasteiger partial charge >= 0.3 is 0 Å². The van der Waals surface area contributed by atoms with E-state index in [4.69, 9.17) is 5.26 Å². The third-order valence-electron chi connectivity index (χ3n) is 2.67. The number of phenolic OH excluding ortho intramolecular Hbond substituents is 1. The van der Waals surface area contributed by atoms with Crippen LogP contribution in [0.5, 0.6) is 5.75 Å². The number of carbonyl (C=O) groups excluding carboxylic acids is 1. The molecule has 0 saturated carbocycles. The third-order valence-corrected chi connectivity index (χ3v) is 2.67. The van der Waals surface area contributed by atoms with Crippen LogP contribution in [-0.4, -0.2) is 17.6 Å². The van der Waals surface area contributed by atoms with E-state index in [1.807, 2.05) is 18.2 Å². The number of phenols is 1. The highest BCUT2D eigenvalue weighted by Gasteiger charge is 2.12. The molecule has 0 aliphatic heterocycles. The van der Waals surface area contributed by atoms with E-state index in [1.54, 1.807) is 24.3 Å². The lowest BCUT2D eigenvalue weighted by molar-refractivity contribution is 0.0952. The molecule has 18 heavy (non-hydrogen) atoms. The quantitative estimate of drug-likeness (QED) is 0.807. The Kier molecular flexibility index (Phi) is 3.44. The second-order valence-electron chi connectivity index (χ2n) is 3.85. The van der Waals surface area contributed by atoms with E-state index in [2.05, 4.69) is 5.32 Å². The topological polar surface area (TPSA) is 73.1 Å². The molecule has 0 heterocycles. The molecule has 0 aliphatic rings. The molecule has 2 rings (SSSR count). The second-order valence-corrected chi connectivity index (χ2v) is 3.85. The van der Waals surface area contributed by atoms with Gasteiger partial charge in [-0.3, -0.25) is 4.79 Å². The second kappa shape index (κ2) is 5.19. The molecule has 2 aromatic rings. The zero-order valence-electron chi connectivity index (χ0n) is 9.68. The number of nitrogens with one attached hydrogen (secondary N) is 1. The maximum atomic E-state index is 11.8. The standard InChI is InChI=1S/C14H12N2O2/c15-8-3-9-16-14(18)12-7-6-10-4-1-2-5-11(10)13(12)17/h1-2,4-7,17H,3,9H2,(H,16,18). The molecule has 4 nitrogen and oxygen atoms in total. The Hall–Kier alpha value is -2.54. The largest absolute Gasteiger partial charge is 0.506 e. The average molecular weight is 240 g/mol. The van der Waals surface area contributed by atoms with Gasteiger partial charge in [0.2, 0.25) is 0 Å². The number of nitrogens with zero attached hydrogens (tertiary/aromatic N) is 1.